The van der Waals surface area contributed by atoms with Gasteiger partial charge in [0.05, 0.1) is 30.0 Å². The Morgan fingerprint density at radius 1 is 1.29 bits per heavy atom. The number of aromatic nitrogens is 4. The van der Waals surface area contributed by atoms with Crippen molar-refractivity contribution in [3.05, 3.63) is 36.2 Å². The first-order chi connectivity index (χ1) is 10.1. The zero-order valence-electron chi connectivity index (χ0n) is 11.4. The Kier molecular flexibility index (Phi) is 3.02. The number of carboxylic acids is 1. The van der Waals surface area contributed by atoms with Gasteiger partial charge in [0.2, 0.25) is 5.88 Å². The number of aromatic carboxylic acids is 1. The molecule has 2 aromatic heterocycles. The van der Waals surface area contributed by atoms with E-state index < -0.39 is 5.97 Å². The van der Waals surface area contributed by atoms with Gasteiger partial charge in [-0.15, -0.1) is 0 Å². The van der Waals surface area contributed by atoms with Gasteiger partial charge in [-0.05, 0) is 18.2 Å². The number of ether oxygens (including phenoxy) is 1. The van der Waals surface area contributed by atoms with E-state index in [1.54, 1.807) is 7.05 Å². The fraction of sp³-hybridized carbons (Fsp3) is 0.143. The molecule has 0 fully saturated rings. The fourth-order valence-corrected chi connectivity index (χ4v) is 2.09. The lowest BCUT2D eigenvalue weighted by Crippen LogP contribution is -1.99. The van der Waals surface area contributed by atoms with E-state index in [0.717, 1.165) is 5.56 Å². The highest BCUT2D eigenvalue weighted by Gasteiger charge is 2.13. The minimum atomic E-state index is -1.05. The van der Waals surface area contributed by atoms with Gasteiger partial charge < -0.3 is 9.84 Å². The molecule has 0 aliphatic carbocycles. The largest absolute Gasteiger partial charge is 0.480 e. The van der Waals surface area contributed by atoms with Crippen LogP contribution in [0.25, 0.3) is 22.3 Å². The summed E-state index contributed by atoms with van der Waals surface area (Å²) in [6, 6.07) is 7.03. The predicted molar refractivity (Wildman–Crippen MR) is 75.3 cm³/mol. The van der Waals surface area contributed by atoms with Crippen molar-refractivity contribution in [3.8, 4) is 17.1 Å². The lowest BCUT2D eigenvalue weighted by Gasteiger charge is -2.04. The first kappa shape index (κ1) is 13.0. The molecule has 0 bridgehead atoms. The molecule has 1 aromatic carbocycles. The normalized spacial score (nSPS) is 10.8. The van der Waals surface area contributed by atoms with Crippen molar-refractivity contribution in [3.63, 3.8) is 0 Å². The quantitative estimate of drug-likeness (QED) is 0.787. The molecule has 7 nitrogen and oxygen atoms in total. The number of methoxy groups -OCH3 is 1. The Labute approximate surface area is 119 Å². The lowest BCUT2D eigenvalue weighted by atomic mass is 10.1. The van der Waals surface area contributed by atoms with E-state index >= 15 is 0 Å². The Morgan fingerprint density at radius 2 is 2.10 bits per heavy atom. The van der Waals surface area contributed by atoms with Crippen LogP contribution in [0.1, 0.15) is 10.5 Å². The van der Waals surface area contributed by atoms with Crippen molar-refractivity contribution in [2.24, 2.45) is 7.05 Å². The maximum absolute atomic E-state index is 11.0. The van der Waals surface area contributed by atoms with Gasteiger partial charge in [0.25, 0.3) is 0 Å². The molecule has 0 amide bonds. The molecule has 7 heteroatoms. The van der Waals surface area contributed by atoms with Gasteiger partial charge in [0.1, 0.15) is 0 Å². The number of carbonyl (C=O) groups is 1. The number of aryl methyl sites for hydroxylation is 1. The van der Waals surface area contributed by atoms with Crippen LogP contribution in [0.4, 0.5) is 0 Å². The van der Waals surface area contributed by atoms with E-state index in [1.807, 2.05) is 18.2 Å². The zero-order valence-corrected chi connectivity index (χ0v) is 11.4. The highest BCUT2D eigenvalue weighted by molar-refractivity contribution is 5.88. The van der Waals surface area contributed by atoms with Crippen LogP contribution >= 0.6 is 0 Å². The van der Waals surface area contributed by atoms with Crippen molar-refractivity contribution < 1.29 is 14.6 Å². The van der Waals surface area contributed by atoms with Gasteiger partial charge in [-0.2, -0.15) is 5.10 Å². The topological polar surface area (TPSA) is 90.1 Å². The Hall–Kier alpha value is -2.96. The minimum absolute atomic E-state index is 0.00779. The summed E-state index contributed by atoms with van der Waals surface area (Å²) in [5, 5.41) is 12.9. The standard InChI is InChI=1S/C14H12N4O3/c1-18-12(6-11(17-18)14(19)20)8-3-4-9-10(5-8)15-7-13(16-9)21-2/h3-7H,1-2H3,(H,19,20). The monoisotopic (exact) mass is 284 g/mol. The molecule has 0 spiro atoms. The van der Waals surface area contributed by atoms with E-state index in [2.05, 4.69) is 15.1 Å². The van der Waals surface area contributed by atoms with Gasteiger partial charge in [-0.25, -0.2) is 14.8 Å². The molecule has 0 saturated heterocycles. The SMILES string of the molecule is COc1cnc2cc(-c3cc(C(=O)O)nn3C)ccc2n1. The molecule has 1 N–H and O–H groups in total. The number of benzene rings is 1. The summed E-state index contributed by atoms with van der Waals surface area (Å²) in [6.07, 6.45) is 1.54. The molecule has 0 aliphatic heterocycles. The van der Waals surface area contributed by atoms with Crippen LogP contribution in [0.15, 0.2) is 30.5 Å². The van der Waals surface area contributed by atoms with E-state index in [1.165, 1.54) is 24.1 Å². The van der Waals surface area contributed by atoms with Crippen LogP contribution < -0.4 is 4.74 Å². The average molecular weight is 284 g/mol. The third-order valence-electron chi connectivity index (χ3n) is 3.12. The Balaban J connectivity index is 2.10. The maximum atomic E-state index is 11.0. The molecule has 3 rings (SSSR count). The number of rotatable bonds is 3. The van der Waals surface area contributed by atoms with Crippen molar-refractivity contribution >= 4 is 17.0 Å². The second-order valence-corrected chi connectivity index (χ2v) is 4.46. The number of hydrogen-bond acceptors (Lipinski definition) is 5. The maximum Gasteiger partial charge on any atom is 0.356 e. The van der Waals surface area contributed by atoms with E-state index in [-0.39, 0.29) is 5.69 Å². The molecule has 0 radical (unpaired) electrons. The zero-order chi connectivity index (χ0) is 15.0. The van der Waals surface area contributed by atoms with Crippen LogP contribution in [-0.4, -0.2) is 37.9 Å². The number of nitrogens with zero attached hydrogens (tertiary/aromatic N) is 4. The van der Waals surface area contributed by atoms with Crippen LogP contribution in [0, 0.1) is 0 Å². The smallest absolute Gasteiger partial charge is 0.356 e. The first-order valence-electron chi connectivity index (χ1n) is 6.17. The third-order valence-corrected chi connectivity index (χ3v) is 3.12. The van der Waals surface area contributed by atoms with Gasteiger partial charge in [0, 0.05) is 12.6 Å². The molecular formula is C14H12N4O3. The summed E-state index contributed by atoms with van der Waals surface area (Å²) in [5.74, 6) is -0.605. The van der Waals surface area contributed by atoms with Gasteiger partial charge in [0.15, 0.2) is 5.69 Å². The number of fused-ring (bicyclic) bond motifs is 1. The van der Waals surface area contributed by atoms with Crippen molar-refractivity contribution in [2.45, 2.75) is 0 Å². The van der Waals surface area contributed by atoms with Crippen LogP contribution in [0.3, 0.4) is 0 Å². The molecule has 21 heavy (non-hydrogen) atoms. The van der Waals surface area contributed by atoms with E-state index in [0.29, 0.717) is 22.6 Å². The fourth-order valence-electron chi connectivity index (χ4n) is 2.09. The van der Waals surface area contributed by atoms with Crippen LogP contribution in [-0.2, 0) is 7.05 Å². The predicted octanol–water partition coefficient (Wildman–Crippen LogP) is 1.74. The van der Waals surface area contributed by atoms with Gasteiger partial charge >= 0.3 is 5.97 Å². The van der Waals surface area contributed by atoms with Crippen molar-refractivity contribution in [1.29, 1.82) is 0 Å². The Bertz CT molecular complexity index is 841. The molecule has 0 unspecified atom stereocenters. The third kappa shape index (κ3) is 2.29. The molecule has 3 aromatic rings. The van der Waals surface area contributed by atoms with E-state index in [4.69, 9.17) is 9.84 Å². The number of carboxylic acid groups (broad SMARTS) is 1. The lowest BCUT2D eigenvalue weighted by molar-refractivity contribution is 0.0689. The summed E-state index contributed by atoms with van der Waals surface area (Å²) in [5.41, 5.74) is 2.94. The summed E-state index contributed by atoms with van der Waals surface area (Å²) in [4.78, 5) is 19.5. The van der Waals surface area contributed by atoms with Gasteiger partial charge in [-0.1, -0.05) is 6.07 Å². The summed E-state index contributed by atoms with van der Waals surface area (Å²) in [7, 11) is 3.24. The van der Waals surface area contributed by atoms with Crippen LogP contribution in [0.2, 0.25) is 0 Å². The summed E-state index contributed by atoms with van der Waals surface area (Å²) < 4.78 is 6.56. The van der Waals surface area contributed by atoms with Gasteiger partial charge in [-0.3, -0.25) is 4.68 Å². The van der Waals surface area contributed by atoms with E-state index in [9.17, 15) is 4.79 Å². The van der Waals surface area contributed by atoms with Crippen molar-refractivity contribution in [2.75, 3.05) is 7.11 Å². The molecular weight excluding hydrogens is 272 g/mol. The molecule has 106 valence electrons. The second kappa shape index (κ2) is 4.86. The highest BCUT2D eigenvalue weighted by Crippen LogP contribution is 2.24. The Morgan fingerprint density at radius 3 is 2.76 bits per heavy atom. The molecule has 2 heterocycles. The van der Waals surface area contributed by atoms with Crippen molar-refractivity contribution in [1.82, 2.24) is 19.7 Å². The second-order valence-electron chi connectivity index (χ2n) is 4.46. The van der Waals surface area contributed by atoms with Crippen LogP contribution in [0.5, 0.6) is 5.88 Å². The summed E-state index contributed by atoms with van der Waals surface area (Å²) in [6.45, 7) is 0. The first-order valence-corrected chi connectivity index (χ1v) is 6.17. The minimum Gasteiger partial charge on any atom is -0.480 e. The summed E-state index contributed by atoms with van der Waals surface area (Å²) >= 11 is 0. The number of hydrogen-bond donors (Lipinski definition) is 1. The molecule has 0 aliphatic rings. The highest BCUT2D eigenvalue weighted by atomic mass is 16.5. The molecule has 0 saturated carbocycles. The average Bonchev–Trinajstić information content (AvgIpc) is 2.88. The molecule has 0 atom stereocenters.